The van der Waals surface area contributed by atoms with Crippen molar-refractivity contribution in [2.45, 2.75) is 33.3 Å². The zero-order chi connectivity index (χ0) is 21.1. The third-order valence-corrected chi connectivity index (χ3v) is 5.62. The molecule has 1 aromatic carbocycles. The Hall–Kier alpha value is -2.81. The summed E-state index contributed by atoms with van der Waals surface area (Å²) in [5.74, 6) is -1.18. The summed E-state index contributed by atoms with van der Waals surface area (Å²) in [5.41, 5.74) is 3.59. The van der Waals surface area contributed by atoms with Crippen LogP contribution in [0.3, 0.4) is 0 Å². The number of nitrogens with one attached hydrogen (secondary N) is 1. The molecule has 0 unspecified atom stereocenters. The van der Waals surface area contributed by atoms with Crippen LogP contribution in [0.2, 0.25) is 0 Å². The maximum atomic E-state index is 12.2. The molecule has 0 bridgehead atoms. The van der Waals surface area contributed by atoms with Crippen molar-refractivity contribution in [1.82, 2.24) is 10.2 Å². The zero-order valence-electron chi connectivity index (χ0n) is 16.4. The number of rotatable bonds is 7. The fourth-order valence-corrected chi connectivity index (χ4v) is 3.70. The lowest BCUT2D eigenvalue weighted by Gasteiger charge is -2.16. The number of carbonyl (C=O) groups excluding carboxylic acids is 4. The number of carbonyl (C=O) groups is 4. The minimum absolute atomic E-state index is 0.0128. The molecule has 9 heteroatoms. The maximum absolute atomic E-state index is 12.2. The number of amides is 3. The molecule has 1 aliphatic rings. The topological polar surface area (TPSA) is 106 Å². The minimum Gasteiger partial charge on any atom is -0.464 e. The highest BCUT2D eigenvalue weighted by Gasteiger charge is 2.29. The number of imide groups is 1. The molecule has 1 aliphatic heterocycles. The molecule has 0 spiro atoms. The molecule has 0 radical (unpaired) electrons. The second-order valence-electron chi connectivity index (χ2n) is 6.89. The Morgan fingerprint density at radius 3 is 2.69 bits per heavy atom. The molecule has 0 aliphatic carbocycles. The first-order valence-corrected chi connectivity index (χ1v) is 10.2. The molecule has 29 heavy (non-hydrogen) atoms. The van der Waals surface area contributed by atoms with Crippen LogP contribution in [0.5, 0.6) is 0 Å². The fourth-order valence-electron chi connectivity index (χ4n) is 2.95. The van der Waals surface area contributed by atoms with Gasteiger partial charge in [0.2, 0.25) is 5.91 Å². The summed E-state index contributed by atoms with van der Waals surface area (Å²) >= 11 is 0.939. The molecular formula is C20H22N2O6S. The lowest BCUT2D eigenvalue weighted by Crippen LogP contribution is -2.41. The van der Waals surface area contributed by atoms with Gasteiger partial charge in [-0.15, -0.1) is 0 Å². The Morgan fingerprint density at radius 1 is 1.28 bits per heavy atom. The highest BCUT2D eigenvalue weighted by atomic mass is 32.2. The minimum atomic E-state index is -0.996. The summed E-state index contributed by atoms with van der Waals surface area (Å²) < 4.78 is 10.7. The van der Waals surface area contributed by atoms with Gasteiger partial charge >= 0.3 is 5.97 Å². The van der Waals surface area contributed by atoms with E-state index in [2.05, 4.69) is 5.32 Å². The van der Waals surface area contributed by atoms with Crippen LogP contribution >= 0.6 is 11.8 Å². The first kappa shape index (κ1) is 20.9. The van der Waals surface area contributed by atoms with Gasteiger partial charge in [-0.05, 0) is 44.0 Å². The maximum Gasteiger partial charge on any atom is 0.311 e. The van der Waals surface area contributed by atoms with Crippen LogP contribution in [0.4, 0.5) is 4.79 Å². The van der Waals surface area contributed by atoms with Crippen LogP contribution in [0.25, 0.3) is 11.0 Å². The molecular weight excluding hydrogens is 396 g/mol. The van der Waals surface area contributed by atoms with E-state index in [1.807, 2.05) is 26.0 Å². The normalized spacial score (nSPS) is 15.1. The average molecular weight is 418 g/mol. The number of thioether (sulfide) groups is 1. The molecule has 8 nitrogen and oxygen atoms in total. The second-order valence-corrected chi connectivity index (χ2v) is 7.82. The van der Waals surface area contributed by atoms with Gasteiger partial charge in [0.15, 0.2) is 6.10 Å². The molecule has 1 fully saturated rings. The summed E-state index contributed by atoms with van der Waals surface area (Å²) in [6.45, 7) is 5.63. The fraction of sp³-hybridized carbons (Fsp3) is 0.400. The van der Waals surface area contributed by atoms with Crippen molar-refractivity contribution in [3.63, 3.8) is 0 Å². The van der Waals surface area contributed by atoms with Gasteiger partial charge in [-0.25, -0.2) is 0 Å². The van der Waals surface area contributed by atoms with E-state index in [0.29, 0.717) is 11.1 Å². The Morgan fingerprint density at radius 2 is 2.00 bits per heavy atom. The second kappa shape index (κ2) is 8.69. The number of nitrogens with zero attached hydrogens (tertiary/aromatic N) is 1. The van der Waals surface area contributed by atoms with Crippen molar-refractivity contribution in [2.24, 2.45) is 0 Å². The standard InChI is InChI=1S/C20H22N2O6S/c1-11-6-15-14(9-27-16(15)7-12(11)2)8-18(24)28-13(3)19(25)21-4-5-22-17(23)10-29-20(22)26/h6-7,9,13H,4-5,8,10H2,1-3H3,(H,21,25)/t13-/m1/s1. The third kappa shape index (κ3) is 4.79. The van der Waals surface area contributed by atoms with Gasteiger partial charge in [0.25, 0.3) is 11.1 Å². The molecule has 1 aromatic heterocycles. The van der Waals surface area contributed by atoms with E-state index in [0.717, 1.165) is 33.2 Å². The monoisotopic (exact) mass is 418 g/mol. The van der Waals surface area contributed by atoms with Gasteiger partial charge in [0.1, 0.15) is 5.58 Å². The van der Waals surface area contributed by atoms with Crippen LogP contribution in [-0.4, -0.2) is 52.9 Å². The van der Waals surface area contributed by atoms with Crippen LogP contribution in [-0.2, 0) is 25.5 Å². The lowest BCUT2D eigenvalue weighted by atomic mass is 10.0. The van der Waals surface area contributed by atoms with E-state index in [-0.39, 0.29) is 36.4 Å². The smallest absolute Gasteiger partial charge is 0.311 e. The third-order valence-electron chi connectivity index (χ3n) is 4.76. The summed E-state index contributed by atoms with van der Waals surface area (Å²) in [7, 11) is 0. The largest absolute Gasteiger partial charge is 0.464 e. The Bertz CT molecular complexity index is 967. The van der Waals surface area contributed by atoms with E-state index in [4.69, 9.17) is 9.15 Å². The highest BCUT2D eigenvalue weighted by molar-refractivity contribution is 8.14. The number of benzene rings is 1. The first-order chi connectivity index (χ1) is 13.8. The quantitative estimate of drug-likeness (QED) is 0.688. The van der Waals surface area contributed by atoms with Crippen molar-refractivity contribution in [3.05, 3.63) is 35.1 Å². The van der Waals surface area contributed by atoms with Crippen molar-refractivity contribution in [3.8, 4) is 0 Å². The molecule has 3 amide bonds. The van der Waals surface area contributed by atoms with E-state index >= 15 is 0 Å². The summed E-state index contributed by atoms with van der Waals surface area (Å²) in [5, 5.41) is 3.10. The Balaban J connectivity index is 1.50. The predicted molar refractivity (Wildman–Crippen MR) is 108 cm³/mol. The highest BCUT2D eigenvalue weighted by Crippen LogP contribution is 2.25. The van der Waals surface area contributed by atoms with Gasteiger partial charge in [-0.2, -0.15) is 0 Å². The molecule has 1 saturated heterocycles. The van der Waals surface area contributed by atoms with Crippen molar-refractivity contribution in [1.29, 1.82) is 0 Å². The van der Waals surface area contributed by atoms with Gasteiger partial charge in [-0.3, -0.25) is 24.1 Å². The van der Waals surface area contributed by atoms with Gasteiger partial charge in [-0.1, -0.05) is 11.8 Å². The number of fused-ring (bicyclic) bond motifs is 1. The molecule has 1 N–H and O–H groups in total. The molecule has 3 rings (SSSR count). The molecule has 0 saturated carbocycles. The zero-order valence-corrected chi connectivity index (χ0v) is 17.3. The van der Waals surface area contributed by atoms with E-state index in [9.17, 15) is 19.2 Å². The van der Waals surface area contributed by atoms with Crippen LogP contribution in [0.1, 0.15) is 23.6 Å². The average Bonchev–Trinajstić information content (AvgIpc) is 3.19. The lowest BCUT2D eigenvalue weighted by molar-refractivity contribution is -0.154. The number of hydrogen-bond donors (Lipinski definition) is 1. The van der Waals surface area contributed by atoms with Gasteiger partial charge in [0.05, 0.1) is 18.4 Å². The van der Waals surface area contributed by atoms with E-state index in [1.165, 1.54) is 13.2 Å². The van der Waals surface area contributed by atoms with Crippen LogP contribution in [0.15, 0.2) is 22.8 Å². The number of furan rings is 1. The summed E-state index contributed by atoms with van der Waals surface area (Å²) in [6.07, 6.45) is 0.516. The number of ether oxygens (including phenoxy) is 1. The SMILES string of the molecule is Cc1cc2occ(CC(=O)O[C@H](C)C(=O)NCCN3C(=O)CSC3=O)c2cc1C. The molecule has 2 aromatic rings. The van der Waals surface area contributed by atoms with Crippen LogP contribution in [0, 0.1) is 13.8 Å². The van der Waals surface area contributed by atoms with Gasteiger partial charge in [0, 0.05) is 24.0 Å². The van der Waals surface area contributed by atoms with E-state index < -0.39 is 18.0 Å². The predicted octanol–water partition coefficient (Wildman–Crippen LogP) is 2.34. The van der Waals surface area contributed by atoms with Gasteiger partial charge < -0.3 is 14.5 Å². The number of hydrogen-bond acceptors (Lipinski definition) is 7. The van der Waals surface area contributed by atoms with Crippen molar-refractivity contribution in [2.75, 3.05) is 18.8 Å². The molecule has 154 valence electrons. The summed E-state index contributed by atoms with van der Waals surface area (Å²) in [4.78, 5) is 48.5. The number of esters is 1. The van der Waals surface area contributed by atoms with Crippen LogP contribution < -0.4 is 5.32 Å². The first-order valence-electron chi connectivity index (χ1n) is 9.18. The summed E-state index contributed by atoms with van der Waals surface area (Å²) in [6, 6.07) is 3.88. The van der Waals surface area contributed by atoms with E-state index in [1.54, 1.807) is 0 Å². The Kier molecular flexibility index (Phi) is 6.26. The molecule has 1 atom stereocenters. The van der Waals surface area contributed by atoms with Crippen molar-refractivity contribution >= 4 is 45.8 Å². The van der Waals surface area contributed by atoms with Crippen molar-refractivity contribution < 1.29 is 28.3 Å². The number of aryl methyl sites for hydroxylation is 2. The molecule has 2 heterocycles. The Labute approximate surface area is 171 Å².